The van der Waals surface area contributed by atoms with Gasteiger partial charge in [-0.3, -0.25) is 9.89 Å². The molecule has 0 bridgehead atoms. The molecule has 1 unspecified atom stereocenters. The van der Waals surface area contributed by atoms with Crippen LogP contribution in [0.2, 0.25) is 0 Å². The number of rotatable bonds is 10. The average Bonchev–Trinajstić information content (AvgIpc) is 3.29. The molecule has 7 nitrogen and oxygen atoms in total. The average molecular weight is 491 g/mol. The lowest BCUT2D eigenvalue weighted by atomic mass is 10.0. The Labute approximate surface area is 181 Å². The van der Waals surface area contributed by atoms with Crippen molar-refractivity contribution in [1.29, 1.82) is 0 Å². The first-order valence-corrected chi connectivity index (χ1v) is 10.3. The molecular formula is C19H38IN7. The summed E-state index contributed by atoms with van der Waals surface area (Å²) in [6, 6.07) is 0.553. The van der Waals surface area contributed by atoms with Gasteiger partial charge in [0.2, 0.25) is 0 Å². The number of hydrogen-bond donors (Lipinski definition) is 2. The lowest BCUT2D eigenvalue weighted by Gasteiger charge is -2.28. The van der Waals surface area contributed by atoms with Gasteiger partial charge >= 0.3 is 0 Å². The third-order valence-electron chi connectivity index (χ3n) is 4.86. The molecular weight excluding hydrogens is 453 g/mol. The molecule has 0 aromatic carbocycles. The highest BCUT2D eigenvalue weighted by Gasteiger charge is 2.22. The number of hydrogen-bond acceptors (Lipinski definition) is 4. The molecule has 1 fully saturated rings. The predicted octanol–water partition coefficient (Wildman–Crippen LogP) is 2.52. The summed E-state index contributed by atoms with van der Waals surface area (Å²) >= 11 is 0. The van der Waals surface area contributed by atoms with Crippen molar-refractivity contribution in [2.75, 3.05) is 32.7 Å². The number of likely N-dealkylation sites (tertiary alicyclic amines) is 1. The van der Waals surface area contributed by atoms with E-state index in [-0.39, 0.29) is 24.0 Å². The molecule has 1 aromatic heterocycles. The van der Waals surface area contributed by atoms with Gasteiger partial charge in [0.1, 0.15) is 12.2 Å². The fraction of sp³-hybridized carbons (Fsp3) is 0.842. The monoisotopic (exact) mass is 491 g/mol. The lowest BCUT2D eigenvalue weighted by molar-refractivity contribution is 0.218. The van der Waals surface area contributed by atoms with Gasteiger partial charge in [0.15, 0.2) is 5.96 Å². The number of aryl methyl sites for hydroxylation is 1. The maximum atomic E-state index is 4.89. The topological polar surface area (TPSA) is 70.4 Å². The van der Waals surface area contributed by atoms with Crippen LogP contribution in [0, 0.1) is 5.92 Å². The van der Waals surface area contributed by atoms with E-state index in [1.165, 1.54) is 32.4 Å². The van der Waals surface area contributed by atoms with Crippen LogP contribution in [0.4, 0.5) is 0 Å². The van der Waals surface area contributed by atoms with E-state index in [0.29, 0.717) is 12.0 Å². The molecule has 0 saturated carbocycles. The standard InChI is InChI=1S/C19H37N7.HI/c1-5-18-24-23-15-26(18)12-9-21-19(20-6-2)22-14-17(13-16(3)4)25-10-7-8-11-25;/h15-17H,5-14H2,1-4H3,(H2,20,21,22);1H. The second-order valence-electron chi connectivity index (χ2n) is 7.47. The van der Waals surface area contributed by atoms with Crippen LogP contribution in [0.15, 0.2) is 11.3 Å². The predicted molar refractivity (Wildman–Crippen MR) is 123 cm³/mol. The van der Waals surface area contributed by atoms with Gasteiger partial charge in [-0.2, -0.15) is 0 Å². The van der Waals surface area contributed by atoms with Crippen LogP contribution in [-0.2, 0) is 13.0 Å². The first kappa shape index (κ1) is 24.1. The second-order valence-corrected chi connectivity index (χ2v) is 7.47. The Hall–Kier alpha value is -0.900. The van der Waals surface area contributed by atoms with Crippen LogP contribution in [0.25, 0.3) is 0 Å². The molecule has 2 rings (SSSR count). The second kappa shape index (κ2) is 13.3. The van der Waals surface area contributed by atoms with Gasteiger partial charge in [0.25, 0.3) is 0 Å². The van der Waals surface area contributed by atoms with Crippen LogP contribution < -0.4 is 10.6 Å². The molecule has 8 heteroatoms. The number of aliphatic imine (C=N–C) groups is 1. The number of guanidine groups is 1. The smallest absolute Gasteiger partial charge is 0.191 e. The van der Waals surface area contributed by atoms with Crippen LogP contribution in [0.3, 0.4) is 0 Å². The summed E-state index contributed by atoms with van der Waals surface area (Å²) in [5.74, 6) is 2.64. The number of halogens is 1. The van der Waals surface area contributed by atoms with Gasteiger partial charge in [-0.25, -0.2) is 0 Å². The first-order chi connectivity index (χ1) is 12.6. The number of nitrogens with zero attached hydrogens (tertiary/aromatic N) is 5. The SMILES string of the molecule is CCNC(=NCC(CC(C)C)N1CCCC1)NCCn1cnnc1CC.I. The van der Waals surface area contributed by atoms with Crippen LogP contribution in [-0.4, -0.2) is 64.4 Å². The molecule has 1 aliphatic heterocycles. The van der Waals surface area contributed by atoms with E-state index in [4.69, 9.17) is 4.99 Å². The molecule has 0 radical (unpaired) electrons. The largest absolute Gasteiger partial charge is 0.357 e. The molecule has 1 aliphatic rings. The van der Waals surface area contributed by atoms with E-state index < -0.39 is 0 Å². The normalized spacial score (nSPS) is 16.4. The first-order valence-electron chi connectivity index (χ1n) is 10.3. The Morgan fingerprint density at radius 3 is 2.59 bits per heavy atom. The van der Waals surface area contributed by atoms with Crippen LogP contribution in [0.5, 0.6) is 0 Å². The van der Waals surface area contributed by atoms with Crippen molar-refractivity contribution < 1.29 is 0 Å². The van der Waals surface area contributed by atoms with Crippen molar-refractivity contribution in [1.82, 2.24) is 30.3 Å². The van der Waals surface area contributed by atoms with Crippen molar-refractivity contribution in [2.24, 2.45) is 10.9 Å². The maximum Gasteiger partial charge on any atom is 0.191 e. The molecule has 0 spiro atoms. The van der Waals surface area contributed by atoms with E-state index in [9.17, 15) is 0 Å². The molecule has 2 N–H and O–H groups in total. The van der Waals surface area contributed by atoms with Crippen molar-refractivity contribution in [2.45, 2.75) is 66.0 Å². The zero-order valence-electron chi connectivity index (χ0n) is 17.4. The molecule has 0 aliphatic carbocycles. The zero-order chi connectivity index (χ0) is 18.8. The molecule has 2 heterocycles. The highest BCUT2D eigenvalue weighted by atomic mass is 127. The van der Waals surface area contributed by atoms with Gasteiger partial charge in [-0.1, -0.05) is 20.8 Å². The maximum absolute atomic E-state index is 4.89. The Morgan fingerprint density at radius 2 is 1.96 bits per heavy atom. The third kappa shape index (κ3) is 8.33. The zero-order valence-corrected chi connectivity index (χ0v) is 19.8. The molecule has 1 saturated heterocycles. The van der Waals surface area contributed by atoms with Crippen molar-refractivity contribution in [3.63, 3.8) is 0 Å². The highest BCUT2D eigenvalue weighted by molar-refractivity contribution is 14.0. The number of aromatic nitrogens is 3. The Morgan fingerprint density at radius 1 is 1.22 bits per heavy atom. The molecule has 156 valence electrons. The summed E-state index contributed by atoms with van der Waals surface area (Å²) < 4.78 is 2.10. The highest BCUT2D eigenvalue weighted by Crippen LogP contribution is 2.18. The van der Waals surface area contributed by atoms with E-state index in [0.717, 1.165) is 44.4 Å². The quantitative estimate of drug-likeness (QED) is 0.299. The van der Waals surface area contributed by atoms with Crippen molar-refractivity contribution in [3.8, 4) is 0 Å². The fourth-order valence-corrected chi connectivity index (χ4v) is 3.56. The summed E-state index contributed by atoms with van der Waals surface area (Å²) in [7, 11) is 0. The summed E-state index contributed by atoms with van der Waals surface area (Å²) in [6.07, 6.45) is 6.58. The third-order valence-corrected chi connectivity index (χ3v) is 4.86. The number of nitrogens with one attached hydrogen (secondary N) is 2. The summed E-state index contributed by atoms with van der Waals surface area (Å²) in [6.45, 7) is 14.7. The van der Waals surface area contributed by atoms with E-state index >= 15 is 0 Å². The Balaban J connectivity index is 0.00000364. The van der Waals surface area contributed by atoms with Crippen LogP contribution >= 0.6 is 24.0 Å². The minimum absolute atomic E-state index is 0. The summed E-state index contributed by atoms with van der Waals surface area (Å²) in [4.78, 5) is 7.51. The summed E-state index contributed by atoms with van der Waals surface area (Å²) in [5.41, 5.74) is 0. The minimum atomic E-state index is 0. The van der Waals surface area contributed by atoms with Crippen LogP contribution in [0.1, 0.15) is 52.8 Å². The van der Waals surface area contributed by atoms with Gasteiger partial charge in [-0.15, -0.1) is 34.2 Å². The fourth-order valence-electron chi connectivity index (χ4n) is 3.56. The van der Waals surface area contributed by atoms with E-state index in [1.807, 2.05) is 0 Å². The summed E-state index contributed by atoms with van der Waals surface area (Å²) in [5, 5.41) is 14.9. The van der Waals surface area contributed by atoms with Gasteiger partial charge in [0.05, 0.1) is 6.54 Å². The van der Waals surface area contributed by atoms with Gasteiger partial charge < -0.3 is 15.2 Å². The minimum Gasteiger partial charge on any atom is -0.357 e. The molecule has 27 heavy (non-hydrogen) atoms. The van der Waals surface area contributed by atoms with E-state index in [2.05, 4.69) is 58.0 Å². The Bertz CT molecular complexity index is 538. The van der Waals surface area contributed by atoms with Crippen molar-refractivity contribution in [3.05, 3.63) is 12.2 Å². The van der Waals surface area contributed by atoms with E-state index in [1.54, 1.807) is 6.33 Å². The van der Waals surface area contributed by atoms with Gasteiger partial charge in [0, 0.05) is 32.1 Å². The Kier molecular flexibility index (Phi) is 11.9. The molecule has 0 amide bonds. The lowest BCUT2D eigenvalue weighted by Crippen LogP contribution is -2.41. The molecule has 1 atom stereocenters. The van der Waals surface area contributed by atoms with Gasteiger partial charge in [-0.05, 0) is 45.2 Å². The van der Waals surface area contributed by atoms with Crippen molar-refractivity contribution >= 4 is 29.9 Å². The molecule has 1 aromatic rings.